The molecule has 0 radical (unpaired) electrons. The van der Waals surface area contributed by atoms with Gasteiger partial charge in [-0.25, -0.2) is 0 Å². The van der Waals surface area contributed by atoms with Gasteiger partial charge >= 0.3 is 0 Å². The average Bonchev–Trinajstić information content (AvgIpc) is 2.46. The Morgan fingerprint density at radius 1 is 1.16 bits per heavy atom. The van der Waals surface area contributed by atoms with Gasteiger partial charge in [0, 0.05) is 25.8 Å². The van der Waals surface area contributed by atoms with Crippen molar-refractivity contribution in [2.75, 3.05) is 20.3 Å². The predicted molar refractivity (Wildman–Crippen MR) is 77.5 cm³/mol. The zero-order valence-corrected chi connectivity index (χ0v) is 11.9. The van der Waals surface area contributed by atoms with E-state index in [9.17, 15) is 0 Å². The fourth-order valence-corrected chi connectivity index (χ4v) is 2.52. The predicted octanol–water partition coefficient (Wildman–Crippen LogP) is 3.13. The molecule has 3 heteroatoms. The molecule has 19 heavy (non-hydrogen) atoms. The molecular formula is C16H25NO2. The molecule has 0 aromatic heterocycles. The maximum Gasteiger partial charge on any atom is 0.124 e. The van der Waals surface area contributed by atoms with E-state index in [2.05, 4.69) is 29.6 Å². The molecule has 0 amide bonds. The zero-order valence-electron chi connectivity index (χ0n) is 11.9. The van der Waals surface area contributed by atoms with Gasteiger partial charge in [0.15, 0.2) is 0 Å². The van der Waals surface area contributed by atoms with Crippen molar-refractivity contribution in [3.8, 4) is 5.75 Å². The Morgan fingerprint density at radius 2 is 1.95 bits per heavy atom. The van der Waals surface area contributed by atoms with Gasteiger partial charge in [-0.15, -0.1) is 0 Å². The highest BCUT2D eigenvalue weighted by atomic mass is 16.5. The summed E-state index contributed by atoms with van der Waals surface area (Å²) in [6.45, 7) is 2.45. The van der Waals surface area contributed by atoms with Crippen LogP contribution < -0.4 is 10.1 Å². The molecule has 0 bridgehead atoms. The topological polar surface area (TPSA) is 30.5 Å². The third-order valence-corrected chi connectivity index (χ3v) is 3.62. The van der Waals surface area contributed by atoms with Crippen LogP contribution in [0.5, 0.6) is 5.75 Å². The fourth-order valence-electron chi connectivity index (χ4n) is 2.52. The molecule has 1 aliphatic rings. The summed E-state index contributed by atoms with van der Waals surface area (Å²) >= 11 is 0. The second-order valence-electron chi connectivity index (χ2n) is 5.16. The Kier molecular flexibility index (Phi) is 6.18. The summed E-state index contributed by atoms with van der Waals surface area (Å²) in [4.78, 5) is 0. The number of nitrogens with one attached hydrogen (secondary N) is 1. The molecule has 0 heterocycles. The van der Waals surface area contributed by atoms with Crippen molar-refractivity contribution in [3.63, 3.8) is 0 Å². The molecule has 0 saturated heterocycles. The molecule has 1 aliphatic carbocycles. The highest BCUT2D eigenvalue weighted by molar-refractivity contribution is 5.33. The highest BCUT2D eigenvalue weighted by Crippen LogP contribution is 2.25. The minimum absolute atomic E-state index is 0.411. The maximum atomic E-state index is 6.17. The van der Waals surface area contributed by atoms with Crippen molar-refractivity contribution < 1.29 is 9.47 Å². The van der Waals surface area contributed by atoms with E-state index in [4.69, 9.17) is 9.47 Å². The molecule has 0 unspecified atom stereocenters. The number of hydrogen-bond donors (Lipinski definition) is 1. The monoisotopic (exact) mass is 263 g/mol. The van der Waals surface area contributed by atoms with Crippen molar-refractivity contribution in [1.82, 2.24) is 5.32 Å². The summed E-state index contributed by atoms with van der Waals surface area (Å²) in [5.74, 6) is 1.04. The van der Waals surface area contributed by atoms with Crippen molar-refractivity contribution in [1.29, 1.82) is 0 Å². The molecule has 0 atom stereocenters. The largest absolute Gasteiger partial charge is 0.490 e. The summed E-state index contributed by atoms with van der Waals surface area (Å²) in [6, 6.07) is 8.35. The minimum Gasteiger partial charge on any atom is -0.490 e. The van der Waals surface area contributed by atoms with Crippen LogP contribution in [0.1, 0.15) is 37.7 Å². The third kappa shape index (κ3) is 4.84. The first kappa shape index (κ1) is 14.4. The zero-order chi connectivity index (χ0) is 13.3. The van der Waals surface area contributed by atoms with Gasteiger partial charge in [-0.3, -0.25) is 0 Å². The van der Waals surface area contributed by atoms with Gasteiger partial charge in [0.05, 0.1) is 12.7 Å². The van der Waals surface area contributed by atoms with Crippen molar-refractivity contribution in [2.24, 2.45) is 0 Å². The number of hydrogen-bond acceptors (Lipinski definition) is 3. The first-order valence-corrected chi connectivity index (χ1v) is 7.34. The SMILES string of the molecule is COCCNCc1ccccc1OC1CCCCC1. The summed E-state index contributed by atoms with van der Waals surface area (Å²) in [5.41, 5.74) is 1.24. The van der Waals surface area contributed by atoms with Crippen molar-refractivity contribution in [2.45, 2.75) is 44.8 Å². The molecule has 0 spiro atoms. The Balaban J connectivity index is 1.87. The smallest absolute Gasteiger partial charge is 0.124 e. The van der Waals surface area contributed by atoms with E-state index in [1.807, 2.05) is 0 Å². The summed E-state index contributed by atoms with van der Waals surface area (Å²) in [7, 11) is 1.72. The van der Waals surface area contributed by atoms with Crippen LogP contribution in [-0.4, -0.2) is 26.4 Å². The minimum atomic E-state index is 0.411. The fraction of sp³-hybridized carbons (Fsp3) is 0.625. The van der Waals surface area contributed by atoms with Gasteiger partial charge in [-0.1, -0.05) is 24.6 Å². The molecule has 1 saturated carbocycles. The van der Waals surface area contributed by atoms with Crippen molar-refractivity contribution >= 4 is 0 Å². The standard InChI is InChI=1S/C16H25NO2/c1-18-12-11-17-13-14-7-5-6-10-16(14)19-15-8-3-2-4-9-15/h5-7,10,15,17H,2-4,8-9,11-13H2,1H3. The molecule has 106 valence electrons. The molecule has 2 rings (SSSR count). The van der Waals surface area contributed by atoms with E-state index >= 15 is 0 Å². The lowest BCUT2D eigenvalue weighted by Crippen LogP contribution is -2.22. The molecule has 1 fully saturated rings. The Hall–Kier alpha value is -1.06. The van der Waals surface area contributed by atoms with E-state index < -0.39 is 0 Å². The van der Waals surface area contributed by atoms with E-state index in [1.54, 1.807) is 7.11 Å². The number of para-hydroxylation sites is 1. The molecule has 0 aliphatic heterocycles. The summed E-state index contributed by atoms with van der Waals surface area (Å²) in [6.07, 6.45) is 6.78. The average molecular weight is 263 g/mol. The van der Waals surface area contributed by atoms with Crippen LogP contribution in [0, 0.1) is 0 Å². The van der Waals surface area contributed by atoms with E-state index in [0.29, 0.717) is 6.10 Å². The Labute approximate surface area is 116 Å². The molecular weight excluding hydrogens is 238 g/mol. The number of methoxy groups -OCH3 is 1. The van der Waals surface area contributed by atoms with E-state index in [1.165, 1.54) is 37.7 Å². The number of benzene rings is 1. The normalized spacial score (nSPS) is 16.5. The van der Waals surface area contributed by atoms with Gasteiger partial charge in [-0.05, 0) is 31.7 Å². The summed E-state index contributed by atoms with van der Waals surface area (Å²) in [5, 5.41) is 3.38. The van der Waals surface area contributed by atoms with Crippen LogP contribution in [0.4, 0.5) is 0 Å². The van der Waals surface area contributed by atoms with Crippen molar-refractivity contribution in [3.05, 3.63) is 29.8 Å². The second-order valence-corrected chi connectivity index (χ2v) is 5.16. The van der Waals surface area contributed by atoms with Crippen LogP contribution in [0.25, 0.3) is 0 Å². The van der Waals surface area contributed by atoms with Crippen LogP contribution in [-0.2, 0) is 11.3 Å². The Bertz CT molecular complexity index is 362. The quantitative estimate of drug-likeness (QED) is 0.767. The number of ether oxygens (including phenoxy) is 2. The van der Waals surface area contributed by atoms with Crippen LogP contribution in [0.15, 0.2) is 24.3 Å². The van der Waals surface area contributed by atoms with Gasteiger partial charge in [-0.2, -0.15) is 0 Å². The third-order valence-electron chi connectivity index (χ3n) is 3.62. The molecule has 3 nitrogen and oxygen atoms in total. The van der Waals surface area contributed by atoms with Gasteiger partial charge in [0.1, 0.15) is 5.75 Å². The van der Waals surface area contributed by atoms with Crippen LogP contribution in [0.3, 0.4) is 0 Å². The second kappa shape index (κ2) is 8.18. The highest BCUT2D eigenvalue weighted by Gasteiger charge is 2.15. The number of rotatable bonds is 7. The lowest BCUT2D eigenvalue weighted by Gasteiger charge is -2.24. The molecule has 1 aromatic rings. The lowest BCUT2D eigenvalue weighted by atomic mass is 9.97. The van der Waals surface area contributed by atoms with E-state index in [-0.39, 0.29) is 0 Å². The van der Waals surface area contributed by atoms with Gasteiger partial charge in [0.25, 0.3) is 0 Å². The first-order valence-electron chi connectivity index (χ1n) is 7.34. The van der Waals surface area contributed by atoms with Crippen LogP contribution in [0.2, 0.25) is 0 Å². The van der Waals surface area contributed by atoms with Gasteiger partial charge < -0.3 is 14.8 Å². The van der Waals surface area contributed by atoms with E-state index in [0.717, 1.165) is 25.4 Å². The van der Waals surface area contributed by atoms with Gasteiger partial charge in [0.2, 0.25) is 0 Å². The first-order chi connectivity index (χ1) is 9.40. The molecule has 1 N–H and O–H groups in total. The maximum absolute atomic E-state index is 6.17. The van der Waals surface area contributed by atoms with Crippen LogP contribution >= 0.6 is 0 Å². The Morgan fingerprint density at radius 3 is 2.74 bits per heavy atom. The summed E-state index contributed by atoms with van der Waals surface area (Å²) < 4.78 is 11.2. The molecule has 1 aromatic carbocycles. The lowest BCUT2D eigenvalue weighted by molar-refractivity contribution is 0.153.